The summed E-state index contributed by atoms with van der Waals surface area (Å²) in [6.07, 6.45) is 3.19. The van der Waals surface area contributed by atoms with Gasteiger partial charge in [0.2, 0.25) is 5.91 Å². The minimum absolute atomic E-state index is 0.0246. The monoisotopic (exact) mass is 365 g/mol. The highest BCUT2D eigenvalue weighted by Crippen LogP contribution is 2.41. The zero-order chi connectivity index (χ0) is 19.1. The summed E-state index contributed by atoms with van der Waals surface area (Å²) in [5.41, 5.74) is 1.79. The summed E-state index contributed by atoms with van der Waals surface area (Å²) in [6.45, 7) is 3.18. The lowest BCUT2D eigenvalue weighted by molar-refractivity contribution is -0.128. The third-order valence-corrected chi connectivity index (χ3v) is 6.12. The van der Waals surface area contributed by atoms with E-state index in [1.54, 1.807) is 31.2 Å². The molecule has 0 aromatic heterocycles. The number of allylic oxidation sites excluding steroid dienone is 2. The number of amides is 1. The minimum Gasteiger partial charge on any atom is -0.343 e. The van der Waals surface area contributed by atoms with E-state index in [2.05, 4.69) is 0 Å². The molecule has 140 valence electrons. The van der Waals surface area contributed by atoms with Crippen molar-refractivity contribution < 1.29 is 19.2 Å². The van der Waals surface area contributed by atoms with Gasteiger partial charge in [0.25, 0.3) is 0 Å². The molecule has 1 aromatic carbocycles. The number of Topliss-reactive ketones (excluding diaryl/α,β-unsaturated/α-hetero) is 3. The number of carbonyl (C=O) groups excluding carboxylic acids is 4. The number of hydrogen-bond acceptors (Lipinski definition) is 4. The maximum atomic E-state index is 13.1. The quantitative estimate of drug-likeness (QED) is 0.822. The van der Waals surface area contributed by atoms with E-state index in [4.69, 9.17) is 0 Å². The summed E-state index contributed by atoms with van der Waals surface area (Å²) in [7, 11) is 0. The molecule has 3 aliphatic rings. The van der Waals surface area contributed by atoms with Gasteiger partial charge in [0.05, 0.1) is 0 Å². The SMILES string of the molecule is CC1C(=O)CC(CCCN2CCCC2=O)C2=C1C(=O)c1ccccc1C2=O. The van der Waals surface area contributed by atoms with E-state index < -0.39 is 5.92 Å². The lowest BCUT2D eigenvalue weighted by Crippen LogP contribution is -2.37. The Labute approximate surface area is 158 Å². The first-order valence-corrected chi connectivity index (χ1v) is 9.72. The topological polar surface area (TPSA) is 71.5 Å². The van der Waals surface area contributed by atoms with E-state index in [9.17, 15) is 19.2 Å². The standard InChI is InChI=1S/C22H23NO4/c1-13-17(24)12-14(6-4-10-23-11-5-9-18(23)25)20-19(13)21(26)15-7-2-3-8-16(15)22(20)27/h2-3,7-8,13-14H,4-6,9-12H2,1H3. The van der Waals surface area contributed by atoms with Crippen LogP contribution in [0.15, 0.2) is 35.4 Å². The van der Waals surface area contributed by atoms with E-state index >= 15 is 0 Å². The Kier molecular flexibility index (Phi) is 4.54. The first-order valence-electron chi connectivity index (χ1n) is 9.72. The zero-order valence-corrected chi connectivity index (χ0v) is 15.5. The van der Waals surface area contributed by atoms with Gasteiger partial charge in [-0.3, -0.25) is 19.2 Å². The van der Waals surface area contributed by atoms with Crippen LogP contribution in [0.4, 0.5) is 0 Å². The summed E-state index contributed by atoms with van der Waals surface area (Å²) < 4.78 is 0. The van der Waals surface area contributed by atoms with Gasteiger partial charge in [-0.15, -0.1) is 0 Å². The average molecular weight is 365 g/mol. The van der Waals surface area contributed by atoms with Crippen molar-refractivity contribution in [1.82, 2.24) is 4.90 Å². The van der Waals surface area contributed by atoms with Gasteiger partial charge in [-0.05, 0) is 25.2 Å². The van der Waals surface area contributed by atoms with Crippen molar-refractivity contribution in [2.24, 2.45) is 11.8 Å². The maximum Gasteiger partial charge on any atom is 0.222 e. The summed E-state index contributed by atoms with van der Waals surface area (Å²) in [5.74, 6) is -0.840. The van der Waals surface area contributed by atoms with Crippen LogP contribution < -0.4 is 0 Å². The highest BCUT2D eigenvalue weighted by molar-refractivity contribution is 6.29. The van der Waals surface area contributed by atoms with Crippen LogP contribution in [-0.4, -0.2) is 41.2 Å². The third-order valence-electron chi connectivity index (χ3n) is 6.12. The van der Waals surface area contributed by atoms with Crippen LogP contribution in [-0.2, 0) is 9.59 Å². The molecule has 1 amide bonds. The van der Waals surface area contributed by atoms with Gasteiger partial charge in [0, 0.05) is 54.1 Å². The van der Waals surface area contributed by atoms with Crippen molar-refractivity contribution in [1.29, 1.82) is 0 Å². The zero-order valence-electron chi connectivity index (χ0n) is 15.5. The number of hydrogen-bond donors (Lipinski definition) is 0. The highest BCUT2D eigenvalue weighted by atomic mass is 16.2. The van der Waals surface area contributed by atoms with Crippen molar-refractivity contribution in [3.8, 4) is 0 Å². The Morgan fingerprint density at radius 1 is 1.00 bits per heavy atom. The van der Waals surface area contributed by atoms with E-state index in [1.165, 1.54) is 0 Å². The predicted octanol–water partition coefficient (Wildman–Crippen LogP) is 2.99. The first-order chi connectivity index (χ1) is 13.0. The third kappa shape index (κ3) is 2.95. The number of rotatable bonds is 4. The second-order valence-corrected chi connectivity index (χ2v) is 7.75. The van der Waals surface area contributed by atoms with E-state index in [0.29, 0.717) is 48.1 Å². The van der Waals surface area contributed by atoms with Gasteiger partial charge < -0.3 is 4.90 Å². The van der Waals surface area contributed by atoms with Crippen LogP contribution >= 0.6 is 0 Å². The van der Waals surface area contributed by atoms with Crippen molar-refractivity contribution >= 4 is 23.3 Å². The second kappa shape index (κ2) is 6.87. The Balaban J connectivity index is 1.61. The molecule has 5 nitrogen and oxygen atoms in total. The summed E-state index contributed by atoms with van der Waals surface area (Å²) >= 11 is 0. The molecule has 1 aliphatic heterocycles. The molecular formula is C22H23NO4. The Hall–Kier alpha value is -2.56. The lowest BCUT2D eigenvalue weighted by Gasteiger charge is -2.34. The van der Waals surface area contributed by atoms with E-state index in [0.717, 1.165) is 19.4 Å². The molecule has 0 bridgehead atoms. The molecule has 1 saturated heterocycles. The fourth-order valence-corrected chi connectivity index (χ4v) is 4.65. The number of nitrogens with zero attached hydrogens (tertiary/aromatic N) is 1. The van der Waals surface area contributed by atoms with Gasteiger partial charge in [-0.1, -0.05) is 31.2 Å². The van der Waals surface area contributed by atoms with Crippen LogP contribution in [0.2, 0.25) is 0 Å². The Morgan fingerprint density at radius 3 is 2.30 bits per heavy atom. The molecule has 0 radical (unpaired) electrons. The van der Waals surface area contributed by atoms with Crippen molar-refractivity contribution in [3.05, 3.63) is 46.5 Å². The van der Waals surface area contributed by atoms with Crippen LogP contribution in [0.25, 0.3) is 0 Å². The summed E-state index contributed by atoms with van der Waals surface area (Å²) in [5, 5.41) is 0. The number of benzene rings is 1. The summed E-state index contributed by atoms with van der Waals surface area (Å²) in [4.78, 5) is 52.3. The molecule has 0 N–H and O–H groups in total. The minimum atomic E-state index is -0.527. The summed E-state index contributed by atoms with van der Waals surface area (Å²) in [6, 6.07) is 6.87. The van der Waals surface area contributed by atoms with Crippen LogP contribution in [0.1, 0.15) is 59.7 Å². The Bertz CT molecular complexity index is 882. The van der Waals surface area contributed by atoms with Crippen molar-refractivity contribution in [3.63, 3.8) is 0 Å². The number of ketones is 3. The number of fused-ring (bicyclic) bond motifs is 1. The van der Waals surface area contributed by atoms with Gasteiger partial charge in [-0.2, -0.15) is 0 Å². The molecule has 0 saturated carbocycles. The number of carbonyl (C=O) groups is 4. The molecule has 4 rings (SSSR count). The largest absolute Gasteiger partial charge is 0.343 e. The van der Waals surface area contributed by atoms with E-state index in [-0.39, 0.29) is 29.2 Å². The second-order valence-electron chi connectivity index (χ2n) is 7.75. The molecule has 1 aromatic rings. The fraction of sp³-hybridized carbons (Fsp3) is 0.455. The van der Waals surface area contributed by atoms with Crippen LogP contribution in [0.5, 0.6) is 0 Å². The average Bonchev–Trinajstić information content (AvgIpc) is 3.07. The van der Waals surface area contributed by atoms with Crippen LogP contribution in [0.3, 0.4) is 0 Å². The molecule has 2 unspecified atom stereocenters. The Morgan fingerprint density at radius 2 is 1.67 bits per heavy atom. The van der Waals surface area contributed by atoms with Gasteiger partial charge in [-0.25, -0.2) is 0 Å². The lowest BCUT2D eigenvalue weighted by atomic mass is 9.67. The van der Waals surface area contributed by atoms with Gasteiger partial charge in [0.15, 0.2) is 11.6 Å². The molecule has 1 heterocycles. The predicted molar refractivity (Wildman–Crippen MR) is 99.5 cm³/mol. The van der Waals surface area contributed by atoms with E-state index in [1.807, 2.05) is 4.90 Å². The molecule has 2 atom stereocenters. The number of likely N-dealkylation sites (tertiary alicyclic amines) is 1. The molecular weight excluding hydrogens is 342 g/mol. The fourth-order valence-electron chi connectivity index (χ4n) is 4.65. The molecule has 5 heteroatoms. The molecule has 2 aliphatic carbocycles. The van der Waals surface area contributed by atoms with Gasteiger partial charge in [0.1, 0.15) is 5.78 Å². The van der Waals surface area contributed by atoms with Crippen molar-refractivity contribution in [2.75, 3.05) is 13.1 Å². The van der Waals surface area contributed by atoms with Crippen molar-refractivity contribution in [2.45, 2.75) is 39.0 Å². The highest BCUT2D eigenvalue weighted by Gasteiger charge is 2.43. The molecule has 0 spiro atoms. The first kappa shape index (κ1) is 17.8. The van der Waals surface area contributed by atoms with Gasteiger partial charge >= 0.3 is 0 Å². The molecule has 27 heavy (non-hydrogen) atoms. The normalized spacial score (nSPS) is 25.1. The molecule has 1 fully saturated rings. The maximum absolute atomic E-state index is 13.1. The smallest absolute Gasteiger partial charge is 0.222 e. The van der Waals surface area contributed by atoms with Crippen LogP contribution in [0, 0.1) is 11.8 Å².